The van der Waals surface area contributed by atoms with Gasteiger partial charge >= 0.3 is 0 Å². The number of nitrogens with one attached hydrogen (secondary N) is 1. The summed E-state index contributed by atoms with van der Waals surface area (Å²) in [5.41, 5.74) is 9.27. The molecule has 0 saturated carbocycles. The number of carbonyl (C=O) groups is 3. The molecular formula is C19H31N3O3. The lowest BCUT2D eigenvalue weighted by atomic mass is 10.1. The van der Waals surface area contributed by atoms with Gasteiger partial charge in [0.25, 0.3) is 5.91 Å². The van der Waals surface area contributed by atoms with Crippen LogP contribution in [0.5, 0.6) is 0 Å². The predicted molar refractivity (Wildman–Crippen MR) is 103 cm³/mol. The van der Waals surface area contributed by atoms with Crippen molar-refractivity contribution in [3.8, 4) is 0 Å². The Morgan fingerprint density at radius 3 is 2.00 bits per heavy atom. The summed E-state index contributed by atoms with van der Waals surface area (Å²) in [4.78, 5) is 32.1. The first-order valence-corrected chi connectivity index (χ1v) is 7.83. The van der Waals surface area contributed by atoms with E-state index in [1.807, 2.05) is 66.4 Å². The second kappa shape index (κ2) is 17.7. The van der Waals surface area contributed by atoms with Crippen LogP contribution >= 0.6 is 0 Å². The lowest BCUT2D eigenvalue weighted by molar-refractivity contribution is -0.0987. The van der Waals surface area contributed by atoms with E-state index in [0.717, 1.165) is 23.2 Å². The zero-order valence-corrected chi connectivity index (χ0v) is 16.2. The topological polar surface area (TPSA) is 102 Å². The number of aryl methyl sites for hydroxylation is 2. The van der Waals surface area contributed by atoms with Crippen LogP contribution in [-0.2, 0) is 9.59 Å². The molecule has 1 aliphatic carbocycles. The lowest BCUT2D eigenvalue weighted by Crippen LogP contribution is -2.22. The largest absolute Gasteiger partial charge is 0.333 e. The molecule has 0 unspecified atom stereocenters. The molecule has 1 aromatic rings. The first kappa shape index (κ1) is 27.3. The molecule has 0 fully saturated rings. The van der Waals surface area contributed by atoms with E-state index in [0.29, 0.717) is 5.69 Å². The first-order valence-electron chi connectivity index (χ1n) is 7.83. The number of aromatic nitrogens is 1. The molecule has 25 heavy (non-hydrogen) atoms. The number of carbonyl (C=O) groups excluding carboxylic acids is 3. The van der Waals surface area contributed by atoms with Crippen LogP contribution in [-0.4, -0.2) is 31.5 Å². The highest BCUT2D eigenvalue weighted by molar-refractivity contribution is 5.94. The fourth-order valence-corrected chi connectivity index (χ4v) is 1.69. The molecule has 0 spiro atoms. The number of pyridine rings is 1. The lowest BCUT2D eigenvalue weighted by Gasteiger charge is -2.05. The number of nitrogens with two attached hydrogens (primary N) is 1. The van der Waals surface area contributed by atoms with Crippen molar-refractivity contribution in [1.82, 2.24) is 10.3 Å². The normalized spacial score (nSPS) is 10.5. The molecule has 6 heteroatoms. The van der Waals surface area contributed by atoms with E-state index >= 15 is 0 Å². The molecule has 0 saturated heterocycles. The van der Waals surface area contributed by atoms with E-state index in [4.69, 9.17) is 9.59 Å². The third-order valence-electron chi connectivity index (χ3n) is 2.91. The Morgan fingerprint density at radius 1 is 1.08 bits per heavy atom. The third-order valence-corrected chi connectivity index (χ3v) is 2.91. The maximum Gasteiger partial charge on any atom is 0.274 e. The molecule has 140 valence electrons. The zero-order chi connectivity index (χ0) is 20.4. The molecule has 0 bridgehead atoms. The van der Waals surface area contributed by atoms with Crippen LogP contribution in [0.4, 0.5) is 0 Å². The van der Waals surface area contributed by atoms with Crippen LogP contribution in [0.2, 0.25) is 0 Å². The molecular weight excluding hydrogens is 318 g/mol. The average Bonchev–Trinajstić information content (AvgIpc) is 3.09. The average molecular weight is 349 g/mol. The highest BCUT2D eigenvalue weighted by Gasteiger charge is 2.11. The molecule has 0 aromatic carbocycles. The number of amides is 1. The van der Waals surface area contributed by atoms with Crippen molar-refractivity contribution in [2.75, 3.05) is 7.05 Å². The van der Waals surface area contributed by atoms with E-state index in [2.05, 4.69) is 16.0 Å². The molecule has 1 amide bonds. The summed E-state index contributed by atoms with van der Waals surface area (Å²) in [6.07, 6.45) is 6.64. The smallest absolute Gasteiger partial charge is 0.274 e. The number of hydrogen-bond acceptors (Lipinski definition) is 5. The Morgan fingerprint density at radius 2 is 1.60 bits per heavy atom. The SMILES string of the molecule is C=O.C=O.CC.CC1=CC(NC(=O)c2cc(C)c(C)cn2)=CC1.CN. The van der Waals surface area contributed by atoms with E-state index in [-0.39, 0.29) is 5.91 Å². The molecule has 1 heterocycles. The van der Waals surface area contributed by atoms with Gasteiger partial charge < -0.3 is 20.6 Å². The van der Waals surface area contributed by atoms with Crippen molar-refractivity contribution in [2.24, 2.45) is 5.73 Å². The first-order chi connectivity index (χ1) is 12.1. The molecule has 0 aliphatic heterocycles. The van der Waals surface area contributed by atoms with Crippen LogP contribution < -0.4 is 11.1 Å². The number of allylic oxidation sites excluding steroid dienone is 3. The maximum absolute atomic E-state index is 11.9. The summed E-state index contributed by atoms with van der Waals surface area (Å²) < 4.78 is 0. The standard InChI is InChI=1S/C14H16N2O.C2H6.CH5N.2CH2O/c1-9-4-5-12(6-9)16-14(17)13-7-10(2)11(3)8-15-13;4*1-2/h5-8H,4H2,1-3H3,(H,16,17);1-2H3;2H2,1H3;2*1H2. The molecule has 3 N–H and O–H groups in total. The van der Waals surface area contributed by atoms with E-state index in [9.17, 15) is 4.79 Å². The van der Waals surface area contributed by atoms with Gasteiger partial charge in [0.15, 0.2) is 0 Å². The van der Waals surface area contributed by atoms with Crippen molar-refractivity contribution >= 4 is 19.5 Å². The zero-order valence-electron chi connectivity index (χ0n) is 16.2. The van der Waals surface area contributed by atoms with Crippen LogP contribution in [0.1, 0.15) is 48.8 Å². The van der Waals surface area contributed by atoms with Gasteiger partial charge in [0.2, 0.25) is 0 Å². The predicted octanol–water partition coefficient (Wildman–Crippen LogP) is 2.89. The second-order valence-electron chi connectivity index (χ2n) is 4.46. The fraction of sp³-hybridized carbons (Fsp3) is 0.368. The Balaban J connectivity index is -0.000000533. The van der Waals surface area contributed by atoms with Crippen LogP contribution in [0.3, 0.4) is 0 Å². The van der Waals surface area contributed by atoms with Crippen molar-refractivity contribution in [1.29, 1.82) is 0 Å². The monoisotopic (exact) mass is 349 g/mol. The number of rotatable bonds is 2. The third kappa shape index (κ3) is 10.7. The summed E-state index contributed by atoms with van der Waals surface area (Å²) in [6, 6.07) is 1.82. The van der Waals surface area contributed by atoms with Crippen molar-refractivity contribution in [3.63, 3.8) is 0 Å². The minimum atomic E-state index is -0.148. The van der Waals surface area contributed by atoms with Gasteiger partial charge in [0, 0.05) is 11.9 Å². The van der Waals surface area contributed by atoms with Crippen molar-refractivity contribution in [2.45, 2.75) is 41.0 Å². The van der Waals surface area contributed by atoms with Gasteiger partial charge in [-0.25, -0.2) is 0 Å². The minimum Gasteiger partial charge on any atom is -0.333 e. The second-order valence-corrected chi connectivity index (χ2v) is 4.46. The van der Waals surface area contributed by atoms with Crippen molar-refractivity contribution < 1.29 is 14.4 Å². The Kier molecular flexibility index (Phi) is 19.4. The van der Waals surface area contributed by atoms with Gasteiger partial charge in [-0.1, -0.05) is 25.5 Å². The summed E-state index contributed by atoms with van der Waals surface area (Å²) in [7, 11) is 1.50. The van der Waals surface area contributed by atoms with E-state index in [1.165, 1.54) is 12.6 Å². The van der Waals surface area contributed by atoms with Gasteiger partial charge in [0.05, 0.1) is 0 Å². The molecule has 1 aromatic heterocycles. The van der Waals surface area contributed by atoms with Crippen LogP contribution in [0, 0.1) is 13.8 Å². The quantitative estimate of drug-likeness (QED) is 0.854. The molecule has 1 aliphatic rings. The van der Waals surface area contributed by atoms with Gasteiger partial charge in [-0.05, 0) is 57.5 Å². The van der Waals surface area contributed by atoms with Gasteiger partial charge in [0.1, 0.15) is 19.3 Å². The highest BCUT2D eigenvalue weighted by Crippen LogP contribution is 2.15. The van der Waals surface area contributed by atoms with Crippen molar-refractivity contribution in [3.05, 3.63) is 52.5 Å². The molecule has 2 rings (SSSR count). The fourth-order valence-electron chi connectivity index (χ4n) is 1.69. The maximum atomic E-state index is 11.9. The highest BCUT2D eigenvalue weighted by atomic mass is 16.1. The van der Waals surface area contributed by atoms with Crippen LogP contribution in [0.25, 0.3) is 0 Å². The van der Waals surface area contributed by atoms with Gasteiger partial charge in [-0.3, -0.25) is 9.78 Å². The molecule has 6 nitrogen and oxygen atoms in total. The van der Waals surface area contributed by atoms with E-state index < -0.39 is 0 Å². The Bertz CT molecular complexity index is 565. The summed E-state index contributed by atoms with van der Waals surface area (Å²) in [6.45, 7) is 14.0. The molecule has 0 radical (unpaired) electrons. The number of nitrogens with zero attached hydrogens (tertiary/aromatic N) is 1. The number of hydrogen-bond donors (Lipinski definition) is 2. The summed E-state index contributed by atoms with van der Waals surface area (Å²) in [5.74, 6) is -0.148. The Hall–Kier alpha value is -2.60. The summed E-state index contributed by atoms with van der Waals surface area (Å²) in [5, 5.41) is 2.86. The Labute approximate surface area is 151 Å². The summed E-state index contributed by atoms with van der Waals surface area (Å²) >= 11 is 0. The van der Waals surface area contributed by atoms with Gasteiger partial charge in [-0.2, -0.15) is 0 Å². The molecule has 0 atom stereocenters. The minimum absolute atomic E-state index is 0.148. The van der Waals surface area contributed by atoms with Crippen LogP contribution in [0.15, 0.2) is 35.7 Å². The van der Waals surface area contributed by atoms with E-state index in [1.54, 1.807) is 6.20 Å². The van der Waals surface area contributed by atoms with Gasteiger partial charge in [-0.15, -0.1) is 0 Å².